The van der Waals surface area contributed by atoms with Crippen molar-refractivity contribution in [1.29, 1.82) is 0 Å². The van der Waals surface area contributed by atoms with Crippen LogP contribution >= 0.6 is 11.6 Å². The van der Waals surface area contributed by atoms with Gasteiger partial charge in [0.05, 0.1) is 5.56 Å². The molecule has 0 fully saturated rings. The number of alkyl halides is 1. The highest BCUT2D eigenvalue weighted by Crippen LogP contribution is 2.12. The van der Waals surface area contributed by atoms with E-state index in [4.69, 9.17) is 16.3 Å². The Balaban J connectivity index is 2.66. The number of carbonyl (C=O) groups is 1. The van der Waals surface area contributed by atoms with E-state index >= 15 is 0 Å². The van der Waals surface area contributed by atoms with Crippen LogP contribution in [0.15, 0.2) is 24.3 Å². The average Bonchev–Trinajstić information content (AvgIpc) is 2.28. The second-order valence-corrected chi connectivity index (χ2v) is 4.45. The van der Waals surface area contributed by atoms with Crippen molar-refractivity contribution < 1.29 is 9.53 Å². The first-order valence-electron chi connectivity index (χ1n) is 5.40. The molecule has 0 unspecified atom stereocenters. The number of esters is 1. The molecule has 0 heterocycles. The molecule has 88 valence electrons. The molecule has 1 aromatic carbocycles. The highest BCUT2D eigenvalue weighted by molar-refractivity contribution is 6.17. The van der Waals surface area contributed by atoms with Gasteiger partial charge in [-0.2, -0.15) is 0 Å². The number of hydrogen-bond acceptors (Lipinski definition) is 2. The summed E-state index contributed by atoms with van der Waals surface area (Å²) in [6, 6.07) is 7.16. The van der Waals surface area contributed by atoms with Crippen LogP contribution < -0.4 is 0 Å². The standard InChI is InChI=1S/C13H17ClO2/c1-9(2)10(3)16-13(15)12-6-4-11(8-14)5-7-12/h4-7,9-10H,8H2,1-3H3/t10-/m1/s1. The number of ether oxygens (including phenoxy) is 1. The van der Waals surface area contributed by atoms with Crippen LogP contribution in [0.2, 0.25) is 0 Å². The van der Waals surface area contributed by atoms with E-state index in [1.54, 1.807) is 12.1 Å². The Morgan fingerprint density at radius 1 is 1.25 bits per heavy atom. The number of hydrogen-bond donors (Lipinski definition) is 0. The van der Waals surface area contributed by atoms with Crippen LogP contribution in [0.25, 0.3) is 0 Å². The second-order valence-electron chi connectivity index (χ2n) is 4.18. The summed E-state index contributed by atoms with van der Waals surface area (Å²) in [6.45, 7) is 5.94. The van der Waals surface area contributed by atoms with Gasteiger partial charge in [-0.1, -0.05) is 26.0 Å². The third-order valence-corrected chi connectivity index (χ3v) is 2.88. The zero-order chi connectivity index (χ0) is 12.1. The first-order chi connectivity index (χ1) is 7.54. The van der Waals surface area contributed by atoms with Gasteiger partial charge in [0.25, 0.3) is 0 Å². The molecule has 3 heteroatoms. The van der Waals surface area contributed by atoms with Gasteiger partial charge in [-0.15, -0.1) is 11.6 Å². The highest BCUT2D eigenvalue weighted by atomic mass is 35.5. The van der Waals surface area contributed by atoms with Gasteiger partial charge in [0, 0.05) is 5.88 Å². The largest absolute Gasteiger partial charge is 0.459 e. The number of carbonyl (C=O) groups excluding carboxylic acids is 1. The molecule has 1 aromatic rings. The Morgan fingerprint density at radius 3 is 2.25 bits per heavy atom. The average molecular weight is 241 g/mol. The minimum Gasteiger partial charge on any atom is -0.459 e. The molecule has 0 aliphatic heterocycles. The fourth-order valence-electron chi connectivity index (χ4n) is 1.10. The molecule has 16 heavy (non-hydrogen) atoms. The van der Waals surface area contributed by atoms with Crippen LogP contribution in [0.5, 0.6) is 0 Å². The summed E-state index contributed by atoms with van der Waals surface area (Å²) in [5.41, 5.74) is 1.57. The molecule has 0 N–H and O–H groups in total. The first-order valence-corrected chi connectivity index (χ1v) is 5.94. The maximum atomic E-state index is 11.7. The number of rotatable bonds is 4. The van der Waals surface area contributed by atoms with E-state index in [0.717, 1.165) is 5.56 Å². The third kappa shape index (κ3) is 3.53. The van der Waals surface area contributed by atoms with E-state index in [0.29, 0.717) is 17.4 Å². The first kappa shape index (κ1) is 13.0. The van der Waals surface area contributed by atoms with E-state index < -0.39 is 0 Å². The third-order valence-electron chi connectivity index (χ3n) is 2.58. The summed E-state index contributed by atoms with van der Waals surface area (Å²) in [7, 11) is 0. The molecular weight excluding hydrogens is 224 g/mol. The smallest absolute Gasteiger partial charge is 0.338 e. The van der Waals surface area contributed by atoms with Crippen molar-refractivity contribution in [3.8, 4) is 0 Å². The van der Waals surface area contributed by atoms with Crippen LogP contribution in [0.3, 0.4) is 0 Å². The zero-order valence-electron chi connectivity index (χ0n) is 9.87. The fourth-order valence-corrected chi connectivity index (χ4v) is 1.28. The van der Waals surface area contributed by atoms with E-state index in [-0.39, 0.29) is 12.1 Å². The van der Waals surface area contributed by atoms with E-state index in [9.17, 15) is 4.79 Å². The van der Waals surface area contributed by atoms with Gasteiger partial charge in [0.1, 0.15) is 6.10 Å². The van der Waals surface area contributed by atoms with Crippen molar-refractivity contribution in [2.24, 2.45) is 5.92 Å². The van der Waals surface area contributed by atoms with Gasteiger partial charge in [0.15, 0.2) is 0 Å². The molecule has 1 rings (SSSR count). The Morgan fingerprint density at radius 2 is 1.81 bits per heavy atom. The molecular formula is C13H17ClO2. The zero-order valence-corrected chi connectivity index (χ0v) is 10.6. The molecule has 0 radical (unpaired) electrons. The molecule has 0 aliphatic rings. The minimum absolute atomic E-state index is 0.0693. The number of halogens is 1. The summed E-state index contributed by atoms with van der Waals surface area (Å²) in [6.07, 6.45) is -0.0693. The van der Waals surface area contributed by atoms with E-state index in [2.05, 4.69) is 0 Å². The minimum atomic E-state index is -0.276. The Kier molecular flexibility index (Phi) is 4.81. The van der Waals surface area contributed by atoms with Gasteiger partial charge in [-0.05, 0) is 30.5 Å². The lowest BCUT2D eigenvalue weighted by Crippen LogP contribution is -2.20. The van der Waals surface area contributed by atoms with Crippen molar-refractivity contribution in [3.63, 3.8) is 0 Å². The lowest BCUT2D eigenvalue weighted by atomic mass is 10.1. The van der Waals surface area contributed by atoms with Crippen molar-refractivity contribution in [2.45, 2.75) is 32.8 Å². The Labute approximate surface area is 102 Å². The molecule has 1 atom stereocenters. The summed E-state index contributed by atoms with van der Waals surface area (Å²) < 4.78 is 5.30. The SMILES string of the molecule is CC(C)[C@@H](C)OC(=O)c1ccc(CCl)cc1. The Hall–Kier alpha value is -1.02. The molecule has 0 aromatic heterocycles. The summed E-state index contributed by atoms with van der Waals surface area (Å²) in [5.74, 6) is 0.506. The molecule has 0 amide bonds. The topological polar surface area (TPSA) is 26.3 Å². The van der Waals surface area contributed by atoms with Crippen molar-refractivity contribution >= 4 is 17.6 Å². The second kappa shape index (κ2) is 5.90. The molecule has 2 nitrogen and oxygen atoms in total. The maximum absolute atomic E-state index is 11.7. The molecule has 0 saturated carbocycles. The van der Waals surface area contributed by atoms with E-state index in [1.165, 1.54) is 0 Å². The van der Waals surface area contributed by atoms with Gasteiger partial charge < -0.3 is 4.74 Å². The molecule has 0 saturated heterocycles. The van der Waals surface area contributed by atoms with Crippen LogP contribution in [-0.2, 0) is 10.6 Å². The molecule has 0 spiro atoms. The number of benzene rings is 1. The lowest BCUT2D eigenvalue weighted by Gasteiger charge is -2.16. The van der Waals surface area contributed by atoms with Crippen LogP contribution in [0.1, 0.15) is 36.7 Å². The highest BCUT2D eigenvalue weighted by Gasteiger charge is 2.14. The monoisotopic (exact) mass is 240 g/mol. The lowest BCUT2D eigenvalue weighted by molar-refractivity contribution is 0.0238. The molecule has 0 bridgehead atoms. The van der Waals surface area contributed by atoms with Gasteiger partial charge >= 0.3 is 5.97 Å². The fraction of sp³-hybridized carbons (Fsp3) is 0.462. The quantitative estimate of drug-likeness (QED) is 0.594. The van der Waals surface area contributed by atoms with Crippen LogP contribution in [0, 0.1) is 5.92 Å². The normalized spacial score (nSPS) is 12.6. The van der Waals surface area contributed by atoms with Gasteiger partial charge in [0.2, 0.25) is 0 Å². The summed E-state index contributed by atoms with van der Waals surface area (Å²) >= 11 is 5.67. The van der Waals surface area contributed by atoms with Gasteiger partial charge in [-0.3, -0.25) is 0 Å². The van der Waals surface area contributed by atoms with Crippen molar-refractivity contribution in [2.75, 3.05) is 0 Å². The van der Waals surface area contributed by atoms with Gasteiger partial charge in [-0.25, -0.2) is 4.79 Å². The predicted octanol–water partition coefficient (Wildman–Crippen LogP) is 3.63. The maximum Gasteiger partial charge on any atom is 0.338 e. The van der Waals surface area contributed by atoms with Crippen molar-refractivity contribution in [1.82, 2.24) is 0 Å². The van der Waals surface area contributed by atoms with Crippen LogP contribution in [0.4, 0.5) is 0 Å². The van der Waals surface area contributed by atoms with E-state index in [1.807, 2.05) is 32.9 Å². The van der Waals surface area contributed by atoms with Crippen LogP contribution in [-0.4, -0.2) is 12.1 Å². The molecule has 0 aliphatic carbocycles. The summed E-state index contributed by atoms with van der Waals surface area (Å²) in [5, 5.41) is 0. The van der Waals surface area contributed by atoms with Crippen molar-refractivity contribution in [3.05, 3.63) is 35.4 Å². The summed E-state index contributed by atoms with van der Waals surface area (Å²) in [4.78, 5) is 11.7. The predicted molar refractivity (Wildman–Crippen MR) is 65.7 cm³/mol. The Bertz CT molecular complexity index is 343.